The minimum atomic E-state index is -0.365. The van der Waals surface area contributed by atoms with Gasteiger partial charge in [-0.3, -0.25) is 4.79 Å². The summed E-state index contributed by atoms with van der Waals surface area (Å²) in [7, 11) is 0. The molecule has 0 fully saturated rings. The van der Waals surface area contributed by atoms with Gasteiger partial charge in [0.1, 0.15) is 0 Å². The molecule has 3 rings (SSSR count). The van der Waals surface area contributed by atoms with Crippen LogP contribution in [0.3, 0.4) is 0 Å². The maximum Gasteiger partial charge on any atom is 0.338 e. The minimum absolute atomic E-state index is 0.0966. The van der Waals surface area contributed by atoms with E-state index in [0.717, 1.165) is 16.8 Å². The van der Waals surface area contributed by atoms with Gasteiger partial charge in [0.2, 0.25) is 0 Å². The first kappa shape index (κ1) is 21.2. The molecule has 3 aromatic rings. The van der Waals surface area contributed by atoms with Crippen LogP contribution in [-0.2, 0) is 4.74 Å². The highest BCUT2D eigenvalue weighted by Gasteiger charge is 2.20. The zero-order valence-electron chi connectivity index (χ0n) is 17.7. The zero-order chi connectivity index (χ0) is 21.7. The monoisotopic (exact) mass is 406 g/mol. The van der Waals surface area contributed by atoms with E-state index in [-0.39, 0.29) is 11.9 Å². The Morgan fingerprint density at radius 3 is 2.37 bits per heavy atom. The van der Waals surface area contributed by atoms with E-state index in [1.54, 1.807) is 42.3 Å². The number of anilines is 2. The Morgan fingerprint density at radius 2 is 1.73 bits per heavy atom. The van der Waals surface area contributed by atoms with E-state index in [2.05, 4.69) is 15.3 Å². The molecule has 0 saturated carbocycles. The van der Waals surface area contributed by atoms with Gasteiger partial charge < -0.3 is 15.0 Å². The summed E-state index contributed by atoms with van der Waals surface area (Å²) < 4.78 is 5.03. The molecule has 1 amide bonds. The van der Waals surface area contributed by atoms with E-state index in [0.29, 0.717) is 42.2 Å². The summed E-state index contributed by atoms with van der Waals surface area (Å²) >= 11 is 0. The molecule has 0 aliphatic rings. The molecule has 0 spiro atoms. The number of nitrogens with zero attached hydrogens (tertiary/aromatic N) is 3. The Bertz CT molecular complexity index is 1060. The first-order valence-electron chi connectivity index (χ1n) is 10.1. The molecule has 2 aromatic heterocycles. The third-order valence-corrected chi connectivity index (χ3v) is 4.82. The summed E-state index contributed by atoms with van der Waals surface area (Å²) in [5.41, 5.74) is 3.75. The molecule has 0 aliphatic carbocycles. The maximum absolute atomic E-state index is 13.1. The number of esters is 1. The number of ether oxygens (including phenoxy) is 1. The van der Waals surface area contributed by atoms with E-state index in [1.165, 1.54) is 0 Å². The van der Waals surface area contributed by atoms with Crippen molar-refractivity contribution in [2.24, 2.45) is 0 Å². The Kier molecular flexibility index (Phi) is 6.61. The fraction of sp³-hybridized carbons (Fsp3) is 0.304. The lowest BCUT2D eigenvalue weighted by molar-refractivity contribution is 0.0526. The SMILES string of the molecule is CCOC(=O)c1ccc(Nc2c(C(=O)N(CC)CC)cnc3nc(C)ccc23)cc1. The Morgan fingerprint density at radius 1 is 1.03 bits per heavy atom. The average Bonchev–Trinajstić information content (AvgIpc) is 2.75. The normalized spacial score (nSPS) is 10.7. The number of benzene rings is 1. The molecule has 2 heterocycles. The van der Waals surface area contributed by atoms with Crippen molar-refractivity contribution in [3.8, 4) is 0 Å². The van der Waals surface area contributed by atoms with Gasteiger partial charge in [0.15, 0.2) is 5.65 Å². The predicted molar refractivity (Wildman–Crippen MR) is 117 cm³/mol. The molecular formula is C23H26N4O3. The summed E-state index contributed by atoms with van der Waals surface area (Å²) in [5, 5.41) is 4.09. The minimum Gasteiger partial charge on any atom is -0.462 e. The quantitative estimate of drug-likeness (QED) is 0.588. The molecule has 0 bridgehead atoms. The Hall–Kier alpha value is -3.48. The molecule has 30 heavy (non-hydrogen) atoms. The number of carbonyl (C=O) groups excluding carboxylic acids is 2. The second-order valence-corrected chi connectivity index (χ2v) is 6.77. The second-order valence-electron chi connectivity index (χ2n) is 6.77. The number of nitrogens with one attached hydrogen (secondary N) is 1. The van der Waals surface area contributed by atoms with E-state index < -0.39 is 0 Å². The number of fused-ring (bicyclic) bond motifs is 1. The predicted octanol–water partition coefficient (Wildman–Crippen LogP) is 4.34. The molecule has 7 nitrogen and oxygen atoms in total. The largest absolute Gasteiger partial charge is 0.462 e. The lowest BCUT2D eigenvalue weighted by atomic mass is 10.1. The van der Waals surface area contributed by atoms with Crippen molar-refractivity contribution in [1.82, 2.24) is 14.9 Å². The molecule has 0 radical (unpaired) electrons. The van der Waals surface area contributed by atoms with E-state index in [4.69, 9.17) is 4.74 Å². The molecule has 1 N–H and O–H groups in total. The summed E-state index contributed by atoms with van der Waals surface area (Å²) in [5.74, 6) is -0.462. The van der Waals surface area contributed by atoms with Gasteiger partial charge in [0, 0.05) is 36.1 Å². The highest BCUT2D eigenvalue weighted by atomic mass is 16.5. The fourth-order valence-electron chi connectivity index (χ4n) is 3.20. The topological polar surface area (TPSA) is 84.4 Å². The van der Waals surface area contributed by atoms with Crippen molar-refractivity contribution in [3.05, 3.63) is 59.4 Å². The number of amides is 1. The van der Waals surface area contributed by atoms with Gasteiger partial charge in [-0.1, -0.05) is 0 Å². The van der Waals surface area contributed by atoms with Crippen LogP contribution in [0.2, 0.25) is 0 Å². The molecule has 0 unspecified atom stereocenters. The van der Waals surface area contributed by atoms with Gasteiger partial charge in [-0.05, 0) is 64.1 Å². The molecule has 156 valence electrons. The summed E-state index contributed by atoms with van der Waals surface area (Å²) in [6, 6.07) is 10.8. The highest BCUT2D eigenvalue weighted by molar-refractivity contribution is 6.07. The van der Waals surface area contributed by atoms with Crippen molar-refractivity contribution in [1.29, 1.82) is 0 Å². The Balaban J connectivity index is 2.04. The smallest absolute Gasteiger partial charge is 0.338 e. The summed E-state index contributed by atoms with van der Waals surface area (Å²) in [6.45, 7) is 9.10. The lowest BCUT2D eigenvalue weighted by Crippen LogP contribution is -2.31. The zero-order valence-corrected chi connectivity index (χ0v) is 17.7. The third kappa shape index (κ3) is 4.40. The van der Waals surface area contributed by atoms with Gasteiger partial charge in [-0.2, -0.15) is 0 Å². The number of carbonyl (C=O) groups is 2. The molecule has 7 heteroatoms. The van der Waals surface area contributed by atoms with Crippen molar-refractivity contribution >= 4 is 34.3 Å². The average molecular weight is 406 g/mol. The summed E-state index contributed by atoms with van der Waals surface area (Å²) in [6.07, 6.45) is 1.57. The molecule has 0 atom stereocenters. The van der Waals surface area contributed by atoms with E-state index >= 15 is 0 Å². The van der Waals surface area contributed by atoms with Crippen molar-refractivity contribution < 1.29 is 14.3 Å². The highest BCUT2D eigenvalue weighted by Crippen LogP contribution is 2.30. The number of hydrogen-bond donors (Lipinski definition) is 1. The van der Waals surface area contributed by atoms with Crippen LogP contribution in [0.5, 0.6) is 0 Å². The van der Waals surface area contributed by atoms with Gasteiger partial charge in [0.25, 0.3) is 5.91 Å². The van der Waals surface area contributed by atoms with E-state index in [9.17, 15) is 9.59 Å². The van der Waals surface area contributed by atoms with Crippen molar-refractivity contribution in [3.63, 3.8) is 0 Å². The van der Waals surface area contributed by atoms with Gasteiger partial charge in [-0.25, -0.2) is 14.8 Å². The first-order chi connectivity index (χ1) is 14.5. The lowest BCUT2D eigenvalue weighted by Gasteiger charge is -2.21. The van der Waals surface area contributed by atoms with Crippen LogP contribution in [0.1, 0.15) is 47.2 Å². The van der Waals surface area contributed by atoms with Crippen LogP contribution < -0.4 is 5.32 Å². The van der Waals surface area contributed by atoms with Gasteiger partial charge in [-0.15, -0.1) is 0 Å². The second kappa shape index (κ2) is 9.35. The summed E-state index contributed by atoms with van der Waals surface area (Å²) in [4.78, 5) is 35.7. The standard InChI is InChI=1S/C23H26N4O3/c1-5-27(6-2)22(28)19-14-24-21-18(13-8-15(4)25-21)20(19)26-17-11-9-16(10-12-17)23(29)30-7-3/h8-14H,5-7H2,1-4H3,(H,24,25,26). The maximum atomic E-state index is 13.1. The first-order valence-corrected chi connectivity index (χ1v) is 10.1. The van der Waals surface area contributed by atoms with Crippen LogP contribution in [0, 0.1) is 6.92 Å². The van der Waals surface area contributed by atoms with Crippen molar-refractivity contribution in [2.75, 3.05) is 25.0 Å². The number of aromatic nitrogens is 2. The van der Waals surface area contributed by atoms with Crippen LogP contribution >= 0.6 is 0 Å². The number of hydrogen-bond acceptors (Lipinski definition) is 6. The third-order valence-electron chi connectivity index (χ3n) is 4.82. The van der Waals surface area contributed by atoms with Gasteiger partial charge >= 0.3 is 5.97 Å². The number of pyridine rings is 2. The van der Waals surface area contributed by atoms with Crippen LogP contribution in [0.25, 0.3) is 11.0 Å². The van der Waals surface area contributed by atoms with Crippen LogP contribution in [0.15, 0.2) is 42.6 Å². The molecule has 1 aromatic carbocycles. The fourth-order valence-corrected chi connectivity index (χ4v) is 3.20. The van der Waals surface area contributed by atoms with Crippen LogP contribution in [-0.4, -0.2) is 46.4 Å². The van der Waals surface area contributed by atoms with E-state index in [1.807, 2.05) is 32.9 Å². The number of rotatable bonds is 7. The number of aryl methyl sites for hydroxylation is 1. The molecule has 0 saturated heterocycles. The molecule has 0 aliphatic heterocycles. The van der Waals surface area contributed by atoms with Crippen molar-refractivity contribution in [2.45, 2.75) is 27.7 Å². The van der Waals surface area contributed by atoms with Gasteiger partial charge in [0.05, 0.1) is 23.4 Å². The molecular weight excluding hydrogens is 380 g/mol. The van der Waals surface area contributed by atoms with Crippen LogP contribution in [0.4, 0.5) is 11.4 Å². The Labute approximate surface area is 176 Å².